The number of morpholine rings is 1. The fraction of sp³-hybridized carbons (Fsp3) is 0.467. The number of rotatable bonds is 5. The van der Waals surface area contributed by atoms with Crippen molar-refractivity contribution in [3.63, 3.8) is 0 Å². The van der Waals surface area contributed by atoms with Crippen molar-refractivity contribution in [2.75, 3.05) is 33.9 Å². The Morgan fingerprint density at radius 2 is 2.24 bits per heavy atom. The van der Waals surface area contributed by atoms with Crippen LogP contribution < -0.4 is 10.1 Å². The molecule has 0 aromatic heterocycles. The van der Waals surface area contributed by atoms with Crippen molar-refractivity contribution in [3.8, 4) is 5.75 Å². The van der Waals surface area contributed by atoms with E-state index in [2.05, 4.69) is 5.32 Å². The molecule has 1 aliphatic rings. The van der Waals surface area contributed by atoms with Crippen molar-refractivity contribution < 1.29 is 19.1 Å². The third-order valence-electron chi connectivity index (χ3n) is 3.42. The molecule has 1 fully saturated rings. The Morgan fingerprint density at radius 1 is 1.48 bits per heavy atom. The second-order valence-electron chi connectivity index (χ2n) is 5.00. The molecule has 1 unspecified atom stereocenters. The van der Waals surface area contributed by atoms with Crippen LogP contribution >= 0.6 is 0 Å². The molecule has 0 saturated carbocycles. The van der Waals surface area contributed by atoms with Gasteiger partial charge in [-0.25, -0.2) is 0 Å². The monoisotopic (exact) mass is 292 g/mol. The van der Waals surface area contributed by atoms with E-state index in [1.807, 2.05) is 24.3 Å². The maximum absolute atomic E-state index is 12.0. The average molecular weight is 292 g/mol. The van der Waals surface area contributed by atoms with Gasteiger partial charge in [0.2, 0.25) is 11.8 Å². The van der Waals surface area contributed by atoms with Gasteiger partial charge >= 0.3 is 0 Å². The van der Waals surface area contributed by atoms with Gasteiger partial charge in [-0.3, -0.25) is 9.59 Å². The number of hydrogen-bond donors (Lipinski definition) is 1. The summed E-state index contributed by atoms with van der Waals surface area (Å²) in [6.45, 7) is 0.961. The Balaban J connectivity index is 1.81. The van der Waals surface area contributed by atoms with Crippen molar-refractivity contribution in [1.29, 1.82) is 0 Å². The molecule has 0 radical (unpaired) electrons. The number of ether oxygens (including phenoxy) is 2. The Kier molecular flexibility index (Phi) is 5.16. The lowest BCUT2D eigenvalue weighted by atomic mass is 10.1. The lowest BCUT2D eigenvalue weighted by Gasteiger charge is -2.29. The van der Waals surface area contributed by atoms with E-state index < -0.39 is 0 Å². The van der Waals surface area contributed by atoms with Crippen molar-refractivity contribution >= 4 is 11.8 Å². The average Bonchev–Trinajstić information content (AvgIpc) is 2.49. The highest BCUT2D eigenvalue weighted by molar-refractivity contribution is 5.79. The van der Waals surface area contributed by atoms with E-state index in [4.69, 9.17) is 9.47 Å². The zero-order chi connectivity index (χ0) is 15.2. The minimum absolute atomic E-state index is 0.0356. The molecular formula is C15H20N2O4. The highest BCUT2D eigenvalue weighted by Gasteiger charge is 2.23. The topological polar surface area (TPSA) is 67.9 Å². The number of nitrogens with one attached hydrogen (secondary N) is 1. The van der Waals surface area contributed by atoms with Crippen LogP contribution in [0.4, 0.5) is 0 Å². The zero-order valence-corrected chi connectivity index (χ0v) is 12.3. The molecule has 1 heterocycles. The standard InChI is InChI=1S/C15H20N2O4/c1-17-9-12(21-10-15(17)19)8-16-14(18)7-11-5-3-4-6-13(11)20-2/h3-6,12H,7-10H2,1-2H3,(H,16,18). The number of para-hydroxylation sites is 1. The molecular weight excluding hydrogens is 272 g/mol. The number of amides is 2. The van der Waals surface area contributed by atoms with Crippen molar-refractivity contribution in [2.45, 2.75) is 12.5 Å². The SMILES string of the molecule is COc1ccccc1CC(=O)NCC1CN(C)C(=O)CO1. The molecule has 0 spiro atoms. The molecule has 114 valence electrons. The van der Waals surface area contributed by atoms with Crippen LogP contribution in [0.25, 0.3) is 0 Å². The molecule has 0 aliphatic carbocycles. The van der Waals surface area contributed by atoms with E-state index in [1.165, 1.54) is 0 Å². The van der Waals surface area contributed by atoms with Crippen LogP contribution in [0.3, 0.4) is 0 Å². The molecule has 1 aromatic carbocycles. The summed E-state index contributed by atoms with van der Waals surface area (Å²) in [6.07, 6.45) is 0.0974. The Hall–Kier alpha value is -2.08. The second kappa shape index (κ2) is 7.08. The van der Waals surface area contributed by atoms with E-state index in [0.717, 1.165) is 5.56 Å². The number of hydrogen-bond acceptors (Lipinski definition) is 4. The molecule has 2 rings (SSSR count). The smallest absolute Gasteiger partial charge is 0.248 e. The summed E-state index contributed by atoms with van der Waals surface area (Å²) < 4.78 is 10.6. The summed E-state index contributed by atoms with van der Waals surface area (Å²) in [4.78, 5) is 24.9. The molecule has 1 aliphatic heterocycles. The van der Waals surface area contributed by atoms with E-state index in [9.17, 15) is 9.59 Å². The Morgan fingerprint density at radius 3 is 2.95 bits per heavy atom. The molecule has 21 heavy (non-hydrogen) atoms. The number of nitrogens with zero attached hydrogens (tertiary/aromatic N) is 1. The molecule has 6 nitrogen and oxygen atoms in total. The predicted octanol–water partition coefficient (Wildman–Crippen LogP) is 0.211. The van der Waals surface area contributed by atoms with Gasteiger partial charge in [0.1, 0.15) is 12.4 Å². The van der Waals surface area contributed by atoms with E-state index in [1.54, 1.807) is 19.1 Å². The highest BCUT2D eigenvalue weighted by Crippen LogP contribution is 2.17. The third kappa shape index (κ3) is 4.19. The molecule has 2 amide bonds. The Bertz CT molecular complexity index is 518. The van der Waals surface area contributed by atoms with E-state index in [0.29, 0.717) is 18.8 Å². The van der Waals surface area contributed by atoms with Crippen LogP contribution in [-0.2, 0) is 20.7 Å². The van der Waals surface area contributed by atoms with Gasteiger partial charge in [-0.2, -0.15) is 0 Å². The fourth-order valence-electron chi connectivity index (χ4n) is 2.19. The number of carbonyl (C=O) groups excluding carboxylic acids is 2. The van der Waals surface area contributed by atoms with Crippen LogP contribution in [0.1, 0.15) is 5.56 Å². The minimum atomic E-state index is -0.158. The number of carbonyl (C=O) groups is 2. The second-order valence-corrected chi connectivity index (χ2v) is 5.00. The van der Waals surface area contributed by atoms with Gasteiger partial charge < -0.3 is 19.7 Å². The third-order valence-corrected chi connectivity index (χ3v) is 3.42. The normalized spacial score (nSPS) is 18.5. The molecule has 1 saturated heterocycles. The summed E-state index contributed by atoms with van der Waals surface area (Å²) in [5.41, 5.74) is 0.842. The van der Waals surface area contributed by atoms with Gasteiger partial charge in [0.05, 0.1) is 19.6 Å². The summed E-state index contributed by atoms with van der Waals surface area (Å²) in [5.74, 6) is 0.571. The van der Waals surface area contributed by atoms with Gasteiger partial charge in [0.15, 0.2) is 0 Å². The maximum Gasteiger partial charge on any atom is 0.248 e. The van der Waals surface area contributed by atoms with Crippen LogP contribution in [-0.4, -0.2) is 56.7 Å². The quantitative estimate of drug-likeness (QED) is 0.842. The first-order valence-electron chi connectivity index (χ1n) is 6.84. The van der Waals surface area contributed by atoms with Crippen molar-refractivity contribution in [3.05, 3.63) is 29.8 Å². The summed E-state index contributed by atoms with van der Waals surface area (Å²) in [7, 11) is 3.31. The molecule has 1 atom stereocenters. The lowest BCUT2D eigenvalue weighted by molar-refractivity contribution is -0.146. The number of likely N-dealkylation sites (N-methyl/N-ethyl adjacent to an activating group) is 1. The number of benzene rings is 1. The van der Waals surface area contributed by atoms with E-state index >= 15 is 0 Å². The summed E-state index contributed by atoms with van der Waals surface area (Å²) in [6, 6.07) is 7.42. The van der Waals surface area contributed by atoms with Crippen molar-refractivity contribution in [2.24, 2.45) is 0 Å². The first-order chi connectivity index (χ1) is 10.1. The van der Waals surface area contributed by atoms with Crippen LogP contribution in [0, 0.1) is 0 Å². The molecule has 6 heteroatoms. The van der Waals surface area contributed by atoms with Crippen molar-refractivity contribution in [1.82, 2.24) is 10.2 Å². The molecule has 1 aromatic rings. The van der Waals surface area contributed by atoms with Crippen LogP contribution in [0.15, 0.2) is 24.3 Å². The summed E-state index contributed by atoms with van der Waals surface area (Å²) in [5, 5.41) is 2.83. The molecule has 1 N–H and O–H groups in total. The maximum atomic E-state index is 12.0. The summed E-state index contributed by atoms with van der Waals surface area (Å²) >= 11 is 0. The minimum Gasteiger partial charge on any atom is -0.496 e. The molecule has 0 bridgehead atoms. The number of methoxy groups -OCH3 is 1. The first kappa shape index (κ1) is 15.3. The first-order valence-corrected chi connectivity index (χ1v) is 6.84. The lowest BCUT2D eigenvalue weighted by Crippen LogP contribution is -2.48. The van der Waals surface area contributed by atoms with Crippen LogP contribution in [0.5, 0.6) is 5.75 Å². The van der Waals surface area contributed by atoms with Gasteiger partial charge in [0.25, 0.3) is 0 Å². The zero-order valence-electron chi connectivity index (χ0n) is 12.3. The van der Waals surface area contributed by atoms with Gasteiger partial charge in [0, 0.05) is 25.7 Å². The fourth-order valence-corrected chi connectivity index (χ4v) is 2.19. The van der Waals surface area contributed by atoms with Gasteiger partial charge in [-0.05, 0) is 6.07 Å². The predicted molar refractivity (Wildman–Crippen MR) is 77.1 cm³/mol. The highest BCUT2D eigenvalue weighted by atomic mass is 16.5. The largest absolute Gasteiger partial charge is 0.496 e. The van der Waals surface area contributed by atoms with Gasteiger partial charge in [-0.1, -0.05) is 18.2 Å². The Labute approximate surface area is 124 Å². The van der Waals surface area contributed by atoms with Crippen LogP contribution in [0.2, 0.25) is 0 Å². The van der Waals surface area contributed by atoms with Gasteiger partial charge in [-0.15, -0.1) is 0 Å². The van der Waals surface area contributed by atoms with E-state index in [-0.39, 0.29) is 30.9 Å².